The lowest BCUT2D eigenvalue weighted by atomic mass is 9.86. The summed E-state index contributed by atoms with van der Waals surface area (Å²) in [4.78, 5) is 24.7. The number of carbonyl (C=O) groups is 2. The van der Waals surface area contributed by atoms with E-state index in [1.165, 1.54) is 11.8 Å². The van der Waals surface area contributed by atoms with Gasteiger partial charge in [-0.3, -0.25) is 9.59 Å². The Balaban J connectivity index is 2.85. The van der Waals surface area contributed by atoms with Gasteiger partial charge in [-0.05, 0) is 5.41 Å². The Bertz CT molecular complexity index is 321. The first-order valence-corrected chi connectivity index (χ1v) is 5.79. The smallest absolute Gasteiger partial charge is 0.220 e. The number of aliphatic hydroxyl groups is 2. The van der Waals surface area contributed by atoms with E-state index in [1.807, 2.05) is 20.8 Å². The van der Waals surface area contributed by atoms with Gasteiger partial charge in [-0.1, -0.05) is 20.8 Å². The first-order chi connectivity index (χ1) is 7.63. The minimum atomic E-state index is -1.17. The van der Waals surface area contributed by atoms with Crippen LogP contribution in [-0.2, 0) is 9.59 Å². The third-order valence-electron chi connectivity index (χ3n) is 2.88. The summed E-state index contributed by atoms with van der Waals surface area (Å²) in [6, 6.07) is -0.901. The fraction of sp³-hybridized carbons (Fsp3) is 0.833. The predicted octanol–water partition coefficient (Wildman–Crippen LogP) is -0.0558. The summed E-state index contributed by atoms with van der Waals surface area (Å²) in [5.41, 5.74) is -0.202. The fourth-order valence-corrected chi connectivity index (χ4v) is 2.13. The van der Waals surface area contributed by atoms with Gasteiger partial charge in [-0.2, -0.15) is 0 Å². The van der Waals surface area contributed by atoms with Crippen molar-refractivity contribution in [1.82, 2.24) is 4.90 Å². The lowest BCUT2D eigenvalue weighted by Crippen LogP contribution is -2.45. The van der Waals surface area contributed by atoms with Gasteiger partial charge in [0.25, 0.3) is 0 Å². The molecule has 5 heteroatoms. The van der Waals surface area contributed by atoms with E-state index in [-0.39, 0.29) is 30.1 Å². The number of likely N-dealkylation sites (tertiary alicyclic amines) is 1. The van der Waals surface area contributed by atoms with Crippen LogP contribution in [0.1, 0.15) is 34.1 Å². The van der Waals surface area contributed by atoms with Gasteiger partial charge in [0.15, 0.2) is 5.78 Å². The minimum absolute atomic E-state index is 0.0249. The molecule has 1 saturated heterocycles. The van der Waals surface area contributed by atoms with Gasteiger partial charge >= 0.3 is 0 Å². The van der Waals surface area contributed by atoms with Crippen molar-refractivity contribution < 1.29 is 19.8 Å². The highest BCUT2D eigenvalue weighted by molar-refractivity contribution is 5.90. The summed E-state index contributed by atoms with van der Waals surface area (Å²) in [6.45, 7) is 7.11. The van der Waals surface area contributed by atoms with Crippen LogP contribution >= 0.6 is 0 Å². The largest absolute Gasteiger partial charge is 0.388 e. The normalized spacial score (nSPS) is 29.5. The summed E-state index contributed by atoms with van der Waals surface area (Å²) < 4.78 is 0. The van der Waals surface area contributed by atoms with E-state index in [0.717, 1.165) is 0 Å². The van der Waals surface area contributed by atoms with Crippen LogP contribution in [0.25, 0.3) is 0 Å². The molecule has 5 nitrogen and oxygen atoms in total. The molecule has 1 heterocycles. The minimum Gasteiger partial charge on any atom is -0.388 e. The van der Waals surface area contributed by atoms with E-state index < -0.39 is 18.2 Å². The number of β-amino-alcohol motifs (C(OH)–C–C–N with tert-alkyl or cyclic N) is 1. The molecule has 0 spiro atoms. The monoisotopic (exact) mass is 243 g/mol. The van der Waals surface area contributed by atoms with Crippen LogP contribution in [0, 0.1) is 5.41 Å². The van der Waals surface area contributed by atoms with Crippen molar-refractivity contribution in [2.75, 3.05) is 6.54 Å². The molecule has 98 valence electrons. The molecule has 1 aliphatic heterocycles. The van der Waals surface area contributed by atoms with Gasteiger partial charge in [0, 0.05) is 13.3 Å². The zero-order valence-corrected chi connectivity index (χ0v) is 10.8. The number of carbonyl (C=O) groups excluding carboxylic acids is 2. The maximum atomic E-state index is 12.1. The maximum Gasteiger partial charge on any atom is 0.220 e. The molecule has 0 aromatic carbocycles. The quantitative estimate of drug-likeness (QED) is 0.712. The van der Waals surface area contributed by atoms with Crippen LogP contribution in [0.2, 0.25) is 0 Å². The summed E-state index contributed by atoms with van der Waals surface area (Å²) in [5, 5.41) is 19.3. The summed E-state index contributed by atoms with van der Waals surface area (Å²) >= 11 is 0. The molecule has 0 saturated carbocycles. The SMILES string of the molecule is CC(=O)N1C[C@H](O)[C@H](O)[C@H]1C(=O)CC(C)(C)C. The molecule has 0 bridgehead atoms. The van der Waals surface area contributed by atoms with Crippen molar-refractivity contribution >= 4 is 11.7 Å². The number of ketones is 1. The zero-order valence-electron chi connectivity index (χ0n) is 10.8. The van der Waals surface area contributed by atoms with Crippen molar-refractivity contribution in [2.24, 2.45) is 5.41 Å². The van der Waals surface area contributed by atoms with Crippen molar-refractivity contribution in [3.05, 3.63) is 0 Å². The fourth-order valence-electron chi connectivity index (χ4n) is 2.13. The molecule has 0 radical (unpaired) electrons. The molecule has 1 rings (SSSR count). The van der Waals surface area contributed by atoms with E-state index in [0.29, 0.717) is 0 Å². The first-order valence-electron chi connectivity index (χ1n) is 5.79. The number of aliphatic hydroxyl groups excluding tert-OH is 2. The summed E-state index contributed by atoms with van der Waals surface area (Å²) in [5.74, 6) is -0.496. The average molecular weight is 243 g/mol. The Morgan fingerprint density at radius 1 is 1.29 bits per heavy atom. The zero-order chi connectivity index (χ0) is 13.4. The van der Waals surface area contributed by atoms with E-state index in [2.05, 4.69) is 0 Å². The highest BCUT2D eigenvalue weighted by Crippen LogP contribution is 2.26. The molecule has 0 aliphatic carbocycles. The number of hydrogen-bond donors (Lipinski definition) is 2. The Labute approximate surface area is 101 Å². The molecular weight excluding hydrogens is 222 g/mol. The number of nitrogens with zero attached hydrogens (tertiary/aromatic N) is 1. The van der Waals surface area contributed by atoms with Crippen LogP contribution in [0.4, 0.5) is 0 Å². The van der Waals surface area contributed by atoms with Crippen LogP contribution in [0.3, 0.4) is 0 Å². The van der Waals surface area contributed by atoms with E-state index in [1.54, 1.807) is 0 Å². The van der Waals surface area contributed by atoms with Crippen LogP contribution in [0.15, 0.2) is 0 Å². The van der Waals surface area contributed by atoms with Crippen molar-refractivity contribution in [2.45, 2.75) is 52.4 Å². The molecule has 1 aliphatic rings. The standard InChI is InChI=1S/C12H21NO4/c1-7(14)13-6-9(16)11(17)10(13)8(15)5-12(2,3)4/h9-11,16-17H,5-6H2,1-4H3/t9-,10+,11-/m0/s1. The van der Waals surface area contributed by atoms with Crippen LogP contribution < -0.4 is 0 Å². The molecule has 0 unspecified atom stereocenters. The number of rotatable bonds is 2. The highest BCUT2D eigenvalue weighted by Gasteiger charge is 2.45. The molecule has 0 aromatic heterocycles. The highest BCUT2D eigenvalue weighted by atomic mass is 16.3. The number of hydrogen-bond acceptors (Lipinski definition) is 4. The molecule has 0 aromatic rings. The third kappa shape index (κ3) is 3.26. The number of Topliss-reactive ketones (excluding diaryl/α,β-unsaturated/α-hetero) is 1. The second-order valence-corrected chi connectivity index (χ2v) is 5.88. The van der Waals surface area contributed by atoms with E-state index in [9.17, 15) is 19.8 Å². The van der Waals surface area contributed by atoms with Gasteiger partial charge in [0.05, 0.1) is 12.6 Å². The van der Waals surface area contributed by atoms with Gasteiger partial charge in [0.1, 0.15) is 12.1 Å². The maximum absolute atomic E-state index is 12.1. The summed E-state index contributed by atoms with van der Waals surface area (Å²) in [7, 11) is 0. The van der Waals surface area contributed by atoms with Crippen LogP contribution in [-0.4, -0.2) is 51.6 Å². The Kier molecular flexibility index (Phi) is 3.94. The molecule has 3 atom stereocenters. The van der Waals surface area contributed by atoms with E-state index >= 15 is 0 Å². The molecule has 2 N–H and O–H groups in total. The van der Waals surface area contributed by atoms with Crippen molar-refractivity contribution in [3.63, 3.8) is 0 Å². The first kappa shape index (κ1) is 14.1. The molecular formula is C12H21NO4. The average Bonchev–Trinajstić information content (AvgIpc) is 2.40. The van der Waals surface area contributed by atoms with Gasteiger partial charge in [-0.25, -0.2) is 0 Å². The second-order valence-electron chi connectivity index (χ2n) is 5.88. The van der Waals surface area contributed by atoms with Crippen molar-refractivity contribution in [1.29, 1.82) is 0 Å². The van der Waals surface area contributed by atoms with Gasteiger partial charge in [0.2, 0.25) is 5.91 Å². The molecule has 1 fully saturated rings. The van der Waals surface area contributed by atoms with Gasteiger partial charge < -0.3 is 15.1 Å². The lowest BCUT2D eigenvalue weighted by Gasteiger charge is -2.26. The second kappa shape index (κ2) is 4.74. The Morgan fingerprint density at radius 3 is 2.24 bits per heavy atom. The molecule has 1 amide bonds. The van der Waals surface area contributed by atoms with Crippen LogP contribution in [0.5, 0.6) is 0 Å². The molecule has 17 heavy (non-hydrogen) atoms. The predicted molar refractivity (Wildman–Crippen MR) is 62.3 cm³/mol. The van der Waals surface area contributed by atoms with E-state index in [4.69, 9.17) is 0 Å². The van der Waals surface area contributed by atoms with Crippen molar-refractivity contribution in [3.8, 4) is 0 Å². The Hall–Kier alpha value is -0.940. The Morgan fingerprint density at radius 2 is 1.82 bits per heavy atom. The summed E-state index contributed by atoms with van der Waals surface area (Å²) in [6.07, 6.45) is -1.94. The van der Waals surface area contributed by atoms with Gasteiger partial charge in [-0.15, -0.1) is 0 Å². The third-order valence-corrected chi connectivity index (χ3v) is 2.88. The number of amides is 1. The topological polar surface area (TPSA) is 77.8 Å². The lowest BCUT2D eigenvalue weighted by molar-refractivity contribution is -0.138.